The molecule has 1 atom stereocenters. The first-order valence-electron chi connectivity index (χ1n) is 6.87. The summed E-state index contributed by atoms with van der Waals surface area (Å²) in [7, 11) is 1.96. The maximum atomic E-state index is 5.34. The summed E-state index contributed by atoms with van der Waals surface area (Å²) in [6, 6.07) is 6.11. The molecular formula is C15H22N4O. The van der Waals surface area contributed by atoms with Gasteiger partial charge in [0.15, 0.2) is 5.82 Å². The Morgan fingerprint density at radius 3 is 2.70 bits per heavy atom. The number of likely N-dealkylation sites (N-methyl/N-ethyl adjacent to an activating group) is 1. The van der Waals surface area contributed by atoms with E-state index < -0.39 is 0 Å². The minimum absolute atomic E-state index is 0.143. The van der Waals surface area contributed by atoms with Gasteiger partial charge in [0.05, 0.1) is 6.42 Å². The van der Waals surface area contributed by atoms with Crippen LogP contribution in [0.5, 0.6) is 0 Å². The van der Waals surface area contributed by atoms with Gasteiger partial charge in [0.1, 0.15) is 0 Å². The Kier molecular flexibility index (Phi) is 4.49. The second-order valence-corrected chi connectivity index (χ2v) is 6.01. The van der Waals surface area contributed by atoms with Crippen molar-refractivity contribution in [2.75, 3.05) is 7.05 Å². The molecule has 2 aromatic heterocycles. The third-order valence-corrected chi connectivity index (χ3v) is 3.35. The van der Waals surface area contributed by atoms with Crippen LogP contribution in [0.25, 0.3) is 0 Å². The van der Waals surface area contributed by atoms with Crippen LogP contribution < -0.4 is 5.32 Å². The standard InChI is InChI=1S/C15H22N4O/c1-15(2,3)12(16-4)10-14-18-13(19-20-14)9-11-7-5-6-8-17-11/h5-8,12,16H,9-10H2,1-4H3. The zero-order chi connectivity index (χ0) is 14.6. The van der Waals surface area contributed by atoms with E-state index in [1.165, 1.54) is 0 Å². The lowest BCUT2D eigenvalue weighted by molar-refractivity contribution is 0.255. The van der Waals surface area contributed by atoms with Gasteiger partial charge in [-0.1, -0.05) is 32.0 Å². The van der Waals surface area contributed by atoms with Crippen molar-refractivity contribution < 1.29 is 4.52 Å². The number of nitrogens with one attached hydrogen (secondary N) is 1. The van der Waals surface area contributed by atoms with Crippen LogP contribution in [0.4, 0.5) is 0 Å². The van der Waals surface area contributed by atoms with Crippen molar-refractivity contribution in [2.45, 2.75) is 39.7 Å². The molecule has 1 N–H and O–H groups in total. The van der Waals surface area contributed by atoms with Gasteiger partial charge in [-0.05, 0) is 24.6 Å². The van der Waals surface area contributed by atoms with Gasteiger partial charge in [-0.15, -0.1) is 0 Å². The Morgan fingerprint density at radius 1 is 1.30 bits per heavy atom. The number of hydrogen-bond acceptors (Lipinski definition) is 5. The summed E-state index contributed by atoms with van der Waals surface area (Å²) in [5, 5.41) is 7.34. The van der Waals surface area contributed by atoms with Gasteiger partial charge >= 0.3 is 0 Å². The number of aromatic nitrogens is 3. The summed E-state index contributed by atoms with van der Waals surface area (Å²) >= 11 is 0. The van der Waals surface area contributed by atoms with Gasteiger partial charge in [0, 0.05) is 24.4 Å². The largest absolute Gasteiger partial charge is 0.339 e. The maximum absolute atomic E-state index is 5.34. The lowest BCUT2D eigenvalue weighted by Gasteiger charge is -2.29. The summed E-state index contributed by atoms with van der Waals surface area (Å²) in [5.41, 5.74) is 1.09. The number of rotatable bonds is 5. The predicted molar refractivity (Wildman–Crippen MR) is 77.3 cm³/mol. The van der Waals surface area contributed by atoms with E-state index in [2.05, 4.69) is 41.2 Å². The third-order valence-electron chi connectivity index (χ3n) is 3.35. The Hall–Kier alpha value is -1.75. The van der Waals surface area contributed by atoms with Crippen molar-refractivity contribution in [1.82, 2.24) is 20.4 Å². The van der Waals surface area contributed by atoms with E-state index >= 15 is 0 Å². The van der Waals surface area contributed by atoms with Crippen molar-refractivity contribution in [3.05, 3.63) is 41.8 Å². The maximum Gasteiger partial charge on any atom is 0.228 e. The quantitative estimate of drug-likeness (QED) is 0.905. The van der Waals surface area contributed by atoms with Gasteiger partial charge < -0.3 is 9.84 Å². The molecule has 0 saturated heterocycles. The monoisotopic (exact) mass is 274 g/mol. The molecule has 0 fully saturated rings. The molecule has 0 bridgehead atoms. The van der Waals surface area contributed by atoms with Gasteiger partial charge in [0.2, 0.25) is 5.89 Å². The molecule has 5 nitrogen and oxygen atoms in total. The van der Waals surface area contributed by atoms with Crippen LogP contribution >= 0.6 is 0 Å². The molecule has 0 aliphatic carbocycles. The fourth-order valence-electron chi connectivity index (χ4n) is 2.13. The van der Waals surface area contributed by atoms with E-state index in [0.717, 1.165) is 12.1 Å². The highest BCUT2D eigenvalue weighted by atomic mass is 16.5. The first kappa shape index (κ1) is 14.7. The molecule has 0 saturated carbocycles. The first-order chi connectivity index (χ1) is 9.49. The van der Waals surface area contributed by atoms with Crippen molar-refractivity contribution in [3.8, 4) is 0 Å². The van der Waals surface area contributed by atoms with Crippen LogP contribution in [0.3, 0.4) is 0 Å². The second kappa shape index (κ2) is 6.13. The minimum atomic E-state index is 0.143. The molecule has 2 rings (SSSR count). The average molecular weight is 274 g/mol. The molecule has 2 heterocycles. The molecule has 0 amide bonds. The predicted octanol–water partition coefficient (Wildman–Crippen LogP) is 2.23. The number of nitrogens with zero attached hydrogens (tertiary/aromatic N) is 3. The van der Waals surface area contributed by atoms with Crippen molar-refractivity contribution in [2.24, 2.45) is 5.41 Å². The lowest BCUT2D eigenvalue weighted by atomic mass is 9.85. The zero-order valence-corrected chi connectivity index (χ0v) is 12.6. The number of hydrogen-bond donors (Lipinski definition) is 1. The summed E-state index contributed by atoms with van der Waals surface area (Å²) < 4.78 is 5.34. The first-order valence-corrected chi connectivity index (χ1v) is 6.87. The summed E-state index contributed by atoms with van der Waals surface area (Å²) in [4.78, 5) is 8.71. The zero-order valence-electron chi connectivity index (χ0n) is 12.6. The average Bonchev–Trinajstić information content (AvgIpc) is 2.83. The van der Waals surface area contributed by atoms with E-state index in [1.807, 2.05) is 25.2 Å². The molecule has 1 unspecified atom stereocenters. The van der Waals surface area contributed by atoms with Gasteiger partial charge in [0.25, 0.3) is 0 Å². The molecular weight excluding hydrogens is 252 g/mol. The third kappa shape index (κ3) is 3.87. The van der Waals surface area contributed by atoms with Crippen LogP contribution in [0.2, 0.25) is 0 Å². The topological polar surface area (TPSA) is 63.8 Å². The Bertz CT molecular complexity index is 530. The fourth-order valence-corrected chi connectivity index (χ4v) is 2.13. The van der Waals surface area contributed by atoms with E-state index in [-0.39, 0.29) is 5.41 Å². The highest BCUT2D eigenvalue weighted by molar-refractivity contribution is 5.09. The normalized spacial score (nSPS) is 13.4. The molecule has 0 aliphatic rings. The molecule has 5 heteroatoms. The van der Waals surface area contributed by atoms with E-state index in [0.29, 0.717) is 24.2 Å². The van der Waals surface area contributed by atoms with Crippen LogP contribution in [-0.2, 0) is 12.8 Å². The molecule has 0 spiro atoms. The SMILES string of the molecule is CNC(Cc1nc(Cc2ccccn2)no1)C(C)(C)C. The van der Waals surface area contributed by atoms with Crippen molar-refractivity contribution >= 4 is 0 Å². The lowest BCUT2D eigenvalue weighted by Crippen LogP contribution is -2.39. The molecule has 108 valence electrons. The van der Waals surface area contributed by atoms with E-state index in [4.69, 9.17) is 4.52 Å². The van der Waals surface area contributed by atoms with Crippen molar-refractivity contribution in [1.29, 1.82) is 0 Å². The number of pyridine rings is 1. The smallest absolute Gasteiger partial charge is 0.228 e. The van der Waals surface area contributed by atoms with E-state index in [9.17, 15) is 0 Å². The summed E-state index contributed by atoms with van der Waals surface area (Å²) in [6.07, 6.45) is 3.10. The molecule has 20 heavy (non-hydrogen) atoms. The highest BCUT2D eigenvalue weighted by Crippen LogP contribution is 2.21. The van der Waals surface area contributed by atoms with Crippen molar-refractivity contribution in [3.63, 3.8) is 0 Å². The molecule has 0 aliphatic heterocycles. The van der Waals surface area contributed by atoms with Crippen LogP contribution in [0, 0.1) is 5.41 Å². The van der Waals surface area contributed by atoms with Crippen LogP contribution in [0.15, 0.2) is 28.9 Å². The van der Waals surface area contributed by atoms with Gasteiger partial charge in [-0.25, -0.2) is 0 Å². The Labute approximate surface area is 119 Å². The Morgan fingerprint density at radius 2 is 2.10 bits per heavy atom. The Balaban J connectivity index is 2.02. The minimum Gasteiger partial charge on any atom is -0.339 e. The molecule has 0 radical (unpaired) electrons. The summed E-state index contributed by atoms with van der Waals surface area (Å²) in [6.45, 7) is 6.58. The summed E-state index contributed by atoms with van der Waals surface area (Å²) in [5.74, 6) is 1.35. The van der Waals surface area contributed by atoms with Gasteiger partial charge in [-0.3, -0.25) is 4.98 Å². The second-order valence-electron chi connectivity index (χ2n) is 6.01. The molecule has 2 aromatic rings. The highest BCUT2D eigenvalue weighted by Gasteiger charge is 2.25. The van der Waals surface area contributed by atoms with Crippen LogP contribution in [0.1, 0.15) is 38.2 Å². The van der Waals surface area contributed by atoms with Crippen LogP contribution in [-0.4, -0.2) is 28.2 Å². The van der Waals surface area contributed by atoms with Gasteiger partial charge in [-0.2, -0.15) is 4.98 Å². The van der Waals surface area contributed by atoms with E-state index in [1.54, 1.807) is 6.20 Å². The molecule has 0 aromatic carbocycles. The fraction of sp³-hybridized carbons (Fsp3) is 0.533.